The number of thiol groups is 1. The molecular weight excluding hydrogens is 364 g/mol. The molecule has 0 aliphatic carbocycles. The Morgan fingerprint density at radius 1 is 1.04 bits per heavy atom. The topological polar surface area (TPSA) is 52.1 Å². The second-order valence-electron chi connectivity index (χ2n) is 6.34. The summed E-state index contributed by atoms with van der Waals surface area (Å²) in [5.74, 6) is 1.53. The number of hydrogen-bond acceptors (Lipinski definition) is 6. The SMILES string of the molecule is CC(C)c1ccc(S)cn1.COC(=O)CCSc1ccc(C(C)C)nc1. The van der Waals surface area contributed by atoms with Gasteiger partial charge in [0.15, 0.2) is 0 Å². The van der Waals surface area contributed by atoms with Crippen LogP contribution in [0.2, 0.25) is 0 Å². The lowest BCUT2D eigenvalue weighted by molar-refractivity contribution is -0.140. The van der Waals surface area contributed by atoms with Crippen molar-refractivity contribution in [1.82, 2.24) is 9.97 Å². The maximum Gasteiger partial charge on any atom is 0.306 e. The number of hydrogen-bond donors (Lipinski definition) is 1. The van der Waals surface area contributed by atoms with Gasteiger partial charge in [0.05, 0.1) is 13.5 Å². The lowest BCUT2D eigenvalue weighted by Gasteiger charge is -2.05. The molecule has 0 atom stereocenters. The van der Waals surface area contributed by atoms with E-state index >= 15 is 0 Å². The van der Waals surface area contributed by atoms with Crippen LogP contribution in [0, 0.1) is 0 Å². The molecule has 2 aromatic rings. The molecule has 2 rings (SSSR count). The normalized spacial score (nSPS) is 10.5. The number of rotatable bonds is 6. The molecule has 0 saturated heterocycles. The maximum atomic E-state index is 10.9. The van der Waals surface area contributed by atoms with Gasteiger partial charge in [-0.15, -0.1) is 24.4 Å². The van der Waals surface area contributed by atoms with Crippen molar-refractivity contribution in [3.63, 3.8) is 0 Å². The predicted octanol–water partition coefficient (Wildman–Crippen LogP) is 5.35. The van der Waals surface area contributed by atoms with E-state index in [4.69, 9.17) is 0 Å². The number of carbonyl (C=O) groups is 1. The van der Waals surface area contributed by atoms with Crippen LogP contribution in [0.1, 0.15) is 57.3 Å². The van der Waals surface area contributed by atoms with Gasteiger partial charge >= 0.3 is 5.97 Å². The third-order valence-corrected chi connectivity index (χ3v) is 4.76. The third kappa shape index (κ3) is 8.72. The zero-order valence-corrected chi connectivity index (χ0v) is 17.8. The van der Waals surface area contributed by atoms with Crippen LogP contribution in [-0.2, 0) is 9.53 Å². The molecule has 2 heterocycles. The summed E-state index contributed by atoms with van der Waals surface area (Å²) < 4.78 is 4.57. The highest BCUT2D eigenvalue weighted by molar-refractivity contribution is 7.99. The van der Waals surface area contributed by atoms with Crippen LogP contribution in [0.3, 0.4) is 0 Å². The number of thioether (sulfide) groups is 1. The number of esters is 1. The molecule has 6 heteroatoms. The summed E-state index contributed by atoms with van der Waals surface area (Å²) >= 11 is 5.76. The quantitative estimate of drug-likeness (QED) is 0.408. The monoisotopic (exact) mass is 392 g/mol. The minimum Gasteiger partial charge on any atom is -0.469 e. The van der Waals surface area contributed by atoms with Crippen LogP contribution >= 0.6 is 24.4 Å². The van der Waals surface area contributed by atoms with Crippen LogP contribution in [0.5, 0.6) is 0 Å². The minimum atomic E-state index is -0.167. The Hall–Kier alpha value is -1.53. The Bertz CT molecular complexity index is 657. The Balaban J connectivity index is 0.000000289. The van der Waals surface area contributed by atoms with Crippen molar-refractivity contribution in [1.29, 1.82) is 0 Å². The zero-order valence-electron chi connectivity index (χ0n) is 16.1. The van der Waals surface area contributed by atoms with Gasteiger partial charge in [-0.3, -0.25) is 14.8 Å². The number of carbonyl (C=O) groups excluding carboxylic acids is 1. The van der Waals surface area contributed by atoms with E-state index in [9.17, 15) is 4.79 Å². The first kappa shape index (κ1) is 22.5. The van der Waals surface area contributed by atoms with Crippen molar-refractivity contribution in [3.05, 3.63) is 48.0 Å². The van der Waals surface area contributed by atoms with E-state index in [1.165, 1.54) is 7.11 Å². The van der Waals surface area contributed by atoms with Crippen LogP contribution in [0.4, 0.5) is 0 Å². The molecule has 0 radical (unpaired) electrons. The Morgan fingerprint density at radius 2 is 1.62 bits per heavy atom. The van der Waals surface area contributed by atoms with E-state index in [1.807, 2.05) is 30.5 Å². The standard InChI is InChI=1S/C12H17NO2S.C8H11NS/c1-9(2)11-5-4-10(8-13-11)16-7-6-12(14)15-3;1-6(2)8-4-3-7(10)5-9-8/h4-5,8-9H,6-7H2,1-3H3;3-6,10H,1-2H3. The highest BCUT2D eigenvalue weighted by Gasteiger charge is 2.03. The van der Waals surface area contributed by atoms with E-state index in [2.05, 4.69) is 55.0 Å². The van der Waals surface area contributed by atoms with E-state index in [0.29, 0.717) is 18.3 Å². The van der Waals surface area contributed by atoms with Gasteiger partial charge < -0.3 is 4.74 Å². The molecule has 142 valence electrons. The number of ether oxygens (including phenoxy) is 1. The first-order valence-corrected chi connectivity index (χ1v) is 10.1. The Morgan fingerprint density at radius 3 is 2.04 bits per heavy atom. The summed E-state index contributed by atoms with van der Waals surface area (Å²) in [6.45, 7) is 8.49. The molecule has 0 saturated carbocycles. The van der Waals surface area contributed by atoms with Crippen molar-refractivity contribution >= 4 is 30.4 Å². The molecule has 0 unspecified atom stereocenters. The number of aromatic nitrogens is 2. The summed E-state index contributed by atoms with van der Waals surface area (Å²) in [6, 6.07) is 8.05. The van der Waals surface area contributed by atoms with Gasteiger partial charge in [0, 0.05) is 39.3 Å². The third-order valence-electron chi connectivity index (χ3n) is 3.52. The molecule has 0 fully saturated rings. The molecule has 0 spiro atoms. The average molecular weight is 393 g/mol. The lowest BCUT2D eigenvalue weighted by atomic mass is 10.1. The van der Waals surface area contributed by atoms with Gasteiger partial charge in [0.25, 0.3) is 0 Å². The summed E-state index contributed by atoms with van der Waals surface area (Å²) in [6.07, 6.45) is 4.07. The smallest absolute Gasteiger partial charge is 0.306 e. The minimum absolute atomic E-state index is 0.167. The molecule has 0 bridgehead atoms. The van der Waals surface area contributed by atoms with Crippen molar-refractivity contribution in [2.24, 2.45) is 0 Å². The molecule has 4 nitrogen and oxygen atoms in total. The van der Waals surface area contributed by atoms with Gasteiger partial charge in [0.1, 0.15) is 0 Å². The van der Waals surface area contributed by atoms with E-state index in [-0.39, 0.29) is 5.97 Å². The van der Waals surface area contributed by atoms with Crippen LogP contribution in [0.15, 0.2) is 46.5 Å². The Kier molecular flexibility index (Phi) is 10.4. The number of methoxy groups -OCH3 is 1. The number of pyridine rings is 2. The fraction of sp³-hybridized carbons (Fsp3) is 0.450. The molecule has 0 N–H and O–H groups in total. The van der Waals surface area contributed by atoms with Crippen molar-refractivity contribution in [3.8, 4) is 0 Å². The maximum absolute atomic E-state index is 10.9. The van der Waals surface area contributed by atoms with Crippen LogP contribution in [-0.4, -0.2) is 28.8 Å². The highest BCUT2D eigenvalue weighted by atomic mass is 32.2. The average Bonchev–Trinajstić information content (AvgIpc) is 2.63. The van der Waals surface area contributed by atoms with Crippen LogP contribution < -0.4 is 0 Å². The van der Waals surface area contributed by atoms with Gasteiger partial charge in [-0.1, -0.05) is 27.7 Å². The summed E-state index contributed by atoms with van der Waals surface area (Å²) in [4.78, 5) is 21.5. The largest absolute Gasteiger partial charge is 0.469 e. The van der Waals surface area contributed by atoms with E-state index in [1.54, 1.807) is 18.0 Å². The molecular formula is C20H28N2O2S2. The molecule has 26 heavy (non-hydrogen) atoms. The second-order valence-corrected chi connectivity index (χ2v) is 8.03. The molecule has 0 aromatic carbocycles. The summed E-state index contributed by atoms with van der Waals surface area (Å²) in [5, 5.41) is 0. The summed E-state index contributed by atoms with van der Waals surface area (Å²) in [5.41, 5.74) is 2.22. The fourth-order valence-corrected chi connectivity index (χ4v) is 2.84. The molecule has 0 aliphatic rings. The van der Waals surface area contributed by atoms with Gasteiger partial charge in [-0.05, 0) is 36.1 Å². The molecule has 2 aromatic heterocycles. The molecule has 0 aliphatic heterocycles. The number of nitrogens with zero attached hydrogens (tertiary/aromatic N) is 2. The van der Waals surface area contributed by atoms with E-state index < -0.39 is 0 Å². The van der Waals surface area contributed by atoms with E-state index in [0.717, 1.165) is 26.9 Å². The van der Waals surface area contributed by atoms with Crippen molar-refractivity contribution in [2.75, 3.05) is 12.9 Å². The highest BCUT2D eigenvalue weighted by Crippen LogP contribution is 2.20. The second kappa shape index (κ2) is 12.0. The summed E-state index contributed by atoms with van der Waals surface area (Å²) in [7, 11) is 1.41. The first-order chi connectivity index (χ1) is 12.3. The Labute approximate surface area is 166 Å². The first-order valence-electron chi connectivity index (χ1n) is 8.64. The van der Waals surface area contributed by atoms with Crippen LogP contribution in [0.25, 0.3) is 0 Å². The van der Waals surface area contributed by atoms with Crippen molar-refractivity contribution < 1.29 is 9.53 Å². The molecule has 0 amide bonds. The van der Waals surface area contributed by atoms with Gasteiger partial charge in [-0.2, -0.15) is 0 Å². The fourth-order valence-electron chi connectivity index (χ4n) is 1.91. The van der Waals surface area contributed by atoms with Crippen molar-refractivity contribution in [2.45, 2.75) is 55.7 Å². The van der Waals surface area contributed by atoms with Gasteiger partial charge in [0.2, 0.25) is 0 Å². The lowest BCUT2D eigenvalue weighted by Crippen LogP contribution is -2.01. The zero-order chi connectivity index (χ0) is 19.5. The predicted molar refractivity (Wildman–Crippen MR) is 111 cm³/mol. The van der Waals surface area contributed by atoms with Gasteiger partial charge in [-0.25, -0.2) is 0 Å².